The van der Waals surface area contributed by atoms with E-state index in [0.717, 1.165) is 17.5 Å². The van der Waals surface area contributed by atoms with Gasteiger partial charge in [-0.1, -0.05) is 55.0 Å². The van der Waals surface area contributed by atoms with Crippen LogP contribution in [0.5, 0.6) is 11.5 Å². The number of aromatic nitrogens is 3. The number of hydrogen-bond donors (Lipinski definition) is 1. The van der Waals surface area contributed by atoms with Crippen LogP contribution in [0.25, 0.3) is 11.0 Å². The SMILES string of the molecule is COc1ccc(C(C(=O)NCCC(C)C)N(C(=O)Cn2nnc3ccccc32)c2ccc(C)cc2)cc1OC. The summed E-state index contributed by atoms with van der Waals surface area (Å²) in [6, 6.07) is 19.3. The average Bonchev–Trinajstić information content (AvgIpc) is 3.34. The molecule has 39 heavy (non-hydrogen) atoms. The summed E-state index contributed by atoms with van der Waals surface area (Å²) in [7, 11) is 3.09. The second-order valence-corrected chi connectivity index (χ2v) is 9.83. The van der Waals surface area contributed by atoms with E-state index >= 15 is 0 Å². The molecule has 9 nitrogen and oxygen atoms in total. The Balaban J connectivity index is 1.80. The standard InChI is InChI=1S/C30H35N5O4/c1-20(2)16-17-31-30(37)29(22-12-15-26(38-4)27(18-22)39-5)35(23-13-10-21(3)11-14-23)28(36)19-34-25-9-7-6-8-24(25)32-33-34/h6-15,18,20,29H,16-17,19H2,1-5H3,(H,31,37). The number of anilines is 1. The van der Waals surface area contributed by atoms with Crippen LogP contribution >= 0.6 is 0 Å². The van der Waals surface area contributed by atoms with Gasteiger partial charge in [0.1, 0.15) is 18.1 Å². The molecule has 3 aromatic carbocycles. The number of para-hydroxylation sites is 1. The topological polar surface area (TPSA) is 98.6 Å². The Bertz CT molecular complexity index is 1430. The second-order valence-electron chi connectivity index (χ2n) is 9.83. The number of hydrogen-bond acceptors (Lipinski definition) is 6. The minimum Gasteiger partial charge on any atom is -0.493 e. The third-order valence-electron chi connectivity index (χ3n) is 6.54. The molecule has 0 aliphatic rings. The molecular formula is C30H35N5O4. The number of nitrogens with one attached hydrogen (secondary N) is 1. The molecule has 1 heterocycles. The first-order valence-corrected chi connectivity index (χ1v) is 13.0. The first-order valence-electron chi connectivity index (χ1n) is 13.0. The van der Waals surface area contributed by atoms with Crippen molar-refractivity contribution in [3.8, 4) is 11.5 Å². The van der Waals surface area contributed by atoms with Crippen molar-refractivity contribution in [2.75, 3.05) is 25.7 Å². The molecule has 1 aromatic heterocycles. The highest BCUT2D eigenvalue weighted by Crippen LogP contribution is 2.35. The number of rotatable bonds is 11. The maximum Gasteiger partial charge on any atom is 0.249 e. The Morgan fingerprint density at radius 3 is 2.38 bits per heavy atom. The molecule has 0 saturated heterocycles. The van der Waals surface area contributed by atoms with Crippen molar-refractivity contribution in [3.05, 3.63) is 77.9 Å². The molecule has 0 bridgehead atoms. The molecule has 9 heteroatoms. The quantitative estimate of drug-likeness (QED) is 0.303. The molecule has 1 atom stereocenters. The highest BCUT2D eigenvalue weighted by atomic mass is 16.5. The van der Waals surface area contributed by atoms with Gasteiger partial charge < -0.3 is 14.8 Å². The zero-order valence-electron chi connectivity index (χ0n) is 23.0. The van der Waals surface area contributed by atoms with Gasteiger partial charge >= 0.3 is 0 Å². The van der Waals surface area contributed by atoms with Crippen LogP contribution in [0.4, 0.5) is 5.69 Å². The van der Waals surface area contributed by atoms with Crippen LogP contribution in [0.1, 0.15) is 37.4 Å². The fourth-order valence-electron chi connectivity index (χ4n) is 4.40. The fraction of sp³-hybridized carbons (Fsp3) is 0.333. The molecule has 0 radical (unpaired) electrons. The summed E-state index contributed by atoms with van der Waals surface area (Å²) in [5.74, 6) is 0.810. The van der Waals surface area contributed by atoms with E-state index in [2.05, 4.69) is 29.5 Å². The van der Waals surface area contributed by atoms with Gasteiger partial charge in [-0.2, -0.15) is 0 Å². The minimum atomic E-state index is -0.970. The summed E-state index contributed by atoms with van der Waals surface area (Å²) >= 11 is 0. The summed E-state index contributed by atoms with van der Waals surface area (Å²) in [5.41, 5.74) is 3.65. The number of carbonyl (C=O) groups excluding carboxylic acids is 2. The Morgan fingerprint density at radius 1 is 0.974 bits per heavy atom. The van der Waals surface area contributed by atoms with Gasteiger partial charge in [0.15, 0.2) is 11.5 Å². The van der Waals surface area contributed by atoms with E-state index in [1.165, 1.54) is 12.0 Å². The Hall–Kier alpha value is -4.40. The molecular weight excluding hydrogens is 494 g/mol. The van der Waals surface area contributed by atoms with Gasteiger partial charge in [-0.05, 0) is 61.2 Å². The van der Waals surface area contributed by atoms with Gasteiger partial charge in [-0.3, -0.25) is 14.5 Å². The van der Waals surface area contributed by atoms with Crippen LogP contribution in [-0.2, 0) is 16.1 Å². The lowest BCUT2D eigenvalue weighted by Gasteiger charge is -2.32. The number of aryl methyl sites for hydroxylation is 1. The van der Waals surface area contributed by atoms with Crippen molar-refractivity contribution in [1.82, 2.24) is 20.3 Å². The third kappa shape index (κ3) is 6.37. The molecule has 0 spiro atoms. The third-order valence-corrected chi connectivity index (χ3v) is 6.54. The van der Waals surface area contributed by atoms with Gasteiger partial charge in [0.2, 0.25) is 11.8 Å². The Kier molecular flexibility index (Phi) is 8.81. The number of carbonyl (C=O) groups is 2. The maximum atomic E-state index is 14.1. The van der Waals surface area contributed by atoms with Crippen LogP contribution in [-0.4, -0.2) is 47.6 Å². The molecule has 204 valence electrons. The highest BCUT2D eigenvalue weighted by Gasteiger charge is 2.34. The number of methoxy groups -OCH3 is 2. The van der Waals surface area contributed by atoms with Crippen LogP contribution in [0.3, 0.4) is 0 Å². The van der Waals surface area contributed by atoms with Crippen LogP contribution < -0.4 is 19.7 Å². The van der Waals surface area contributed by atoms with E-state index in [1.807, 2.05) is 55.5 Å². The molecule has 0 fully saturated rings. The van der Waals surface area contributed by atoms with Crippen molar-refractivity contribution < 1.29 is 19.1 Å². The number of benzene rings is 3. The average molecular weight is 530 g/mol. The monoisotopic (exact) mass is 529 g/mol. The summed E-state index contributed by atoms with van der Waals surface area (Å²) in [5, 5.41) is 11.4. The number of fused-ring (bicyclic) bond motifs is 1. The maximum absolute atomic E-state index is 14.1. The smallest absolute Gasteiger partial charge is 0.249 e. The molecule has 1 N–H and O–H groups in total. The lowest BCUT2D eigenvalue weighted by molar-refractivity contribution is -0.127. The predicted octanol–water partition coefficient (Wildman–Crippen LogP) is 4.69. The van der Waals surface area contributed by atoms with E-state index in [-0.39, 0.29) is 18.4 Å². The van der Waals surface area contributed by atoms with Crippen molar-refractivity contribution in [3.63, 3.8) is 0 Å². The molecule has 4 aromatic rings. The molecule has 1 unspecified atom stereocenters. The first kappa shape index (κ1) is 27.6. The molecule has 0 saturated carbocycles. The number of amides is 2. The second kappa shape index (κ2) is 12.4. The van der Waals surface area contributed by atoms with Crippen LogP contribution in [0.2, 0.25) is 0 Å². The van der Waals surface area contributed by atoms with Crippen molar-refractivity contribution in [2.24, 2.45) is 5.92 Å². The zero-order chi connectivity index (χ0) is 27.9. The molecule has 2 amide bonds. The highest BCUT2D eigenvalue weighted by molar-refractivity contribution is 6.01. The molecule has 0 aliphatic heterocycles. The first-order chi connectivity index (χ1) is 18.8. The minimum absolute atomic E-state index is 0.0997. The summed E-state index contributed by atoms with van der Waals surface area (Å²) in [6.45, 7) is 6.56. The van der Waals surface area contributed by atoms with Gasteiger partial charge in [0, 0.05) is 12.2 Å². The predicted molar refractivity (Wildman–Crippen MR) is 151 cm³/mol. The Labute approximate surface area is 228 Å². The van der Waals surface area contributed by atoms with Gasteiger partial charge in [-0.25, -0.2) is 4.68 Å². The number of nitrogens with zero attached hydrogens (tertiary/aromatic N) is 4. The van der Waals surface area contributed by atoms with E-state index < -0.39 is 6.04 Å². The summed E-state index contributed by atoms with van der Waals surface area (Å²) in [6.07, 6.45) is 0.813. The van der Waals surface area contributed by atoms with Crippen LogP contribution in [0.15, 0.2) is 66.7 Å². The largest absolute Gasteiger partial charge is 0.493 e. The van der Waals surface area contributed by atoms with Gasteiger partial charge in [-0.15, -0.1) is 5.10 Å². The van der Waals surface area contributed by atoms with Crippen molar-refractivity contribution in [1.29, 1.82) is 0 Å². The summed E-state index contributed by atoms with van der Waals surface area (Å²) in [4.78, 5) is 29.5. The van der Waals surface area contributed by atoms with Gasteiger partial charge in [0.25, 0.3) is 0 Å². The van der Waals surface area contributed by atoms with Crippen molar-refractivity contribution in [2.45, 2.75) is 39.8 Å². The lowest BCUT2D eigenvalue weighted by Crippen LogP contribution is -2.45. The van der Waals surface area contributed by atoms with Crippen LogP contribution in [0, 0.1) is 12.8 Å². The Morgan fingerprint density at radius 2 is 1.69 bits per heavy atom. The van der Waals surface area contributed by atoms with E-state index in [0.29, 0.717) is 40.7 Å². The van der Waals surface area contributed by atoms with E-state index in [4.69, 9.17) is 9.47 Å². The lowest BCUT2D eigenvalue weighted by atomic mass is 10.0. The van der Waals surface area contributed by atoms with E-state index in [1.54, 1.807) is 30.0 Å². The summed E-state index contributed by atoms with van der Waals surface area (Å²) < 4.78 is 12.5. The van der Waals surface area contributed by atoms with Crippen molar-refractivity contribution >= 4 is 28.5 Å². The number of ether oxygens (including phenoxy) is 2. The zero-order valence-corrected chi connectivity index (χ0v) is 23.0. The fourth-order valence-corrected chi connectivity index (χ4v) is 4.40. The van der Waals surface area contributed by atoms with Gasteiger partial charge in [0.05, 0.1) is 19.7 Å². The molecule has 0 aliphatic carbocycles. The normalized spacial score (nSPS) is 11.8. The van der Waals surface area contributed by atoms with E-state index in [9.17, 15) is 9.59 Å². The molecule has 4 rings (SSSR count).